The summed E-state index contributed by atoms with van der Waals surface area (Å²) in [5, 5.41) is 3.69. The molecule has 2 aliphatic heterocycles. The Balaban J connectivity index is 1.33. The molecule has 0 bridgehead atoms. The molecule has 4 rings (SSSR count). The number of nitrogens with zero attached hydrogens (tertiary/aromatic N) is 2. The van der Waals surface area contributed by atoms with E-state index in [1.807, 2.05) is 53.4 Å². The largest absolute Gasteiger partial charge is 0.351 e. The molecule has 0 spiro atoms. The van der Waals surface area contributed by atoms with Crippen LogP contribution in [0, 0.1) is 0 Å². The molecule has 170 valence electrons. The Morgan fingerprint density at radius 1 is 1.00 bits per heavy atom. The van der Waals surface area contributed by atoms with Crippen LogP contribution >= 0.6 is 23.4 Å². The van der Waals surface area contributed by atoms with Crippen molar-refractivity contribution < 1.29 is 9.59 Å². The Bertz CT molecular complexity index is 912. The van der Waals surface area contributed by atoms with Crippen molar-refractivity contribution >= 4 is 35.2 Å². The number of benzene rings is 2. The van der Waals surface area contributed by atoms with Gasteiger partial charge in [-0.15, -0.1) is 11.8 Å². The number of carbonyl (C=O) groups excluding carboxylic acids is 2. The van der Waals surface area contributed by atoms with Crippen LogP contribution in [0.1, 0.15) is 52.5 Å². The van der Waals surface area contributed by atoms with Crippen molar-refractivity contribution in [3.63, 3.8) is 0 Å². The van der Waals surface area contributed by atoms with Crippen LogP contribution in [0.25, 0.3) is 0 Å². The number of nitrogens with one attached hydrogen (secondary N) is 1. The van der Waals surface area contributed by atoms with Gasteiger partial charge in [0.25, 0.3) is 5.91 Å². The molecule has 1 N–H and O–H groups in total. The van der Waals surface area contributed by atoms with Crippen LogP contribution in [0.15, 0.2) is 48.5 Å². The van der Waals surface area contributed by atoms with Gasteiger partial charge in [0.05, 0.1) is 5.75 Å². The molecule has 2 fully saturated rings. The van der Waals surface area contributed by atoms with E-state index in [-0.39, 0.29) is 17.2 Å². The standard InChI is InChI=1S/C25H30ClN3O2S/c26-22-11-5-19(6-12-22)17-29-23(30)18-32-25(29)21-9-7-20(8-10-21)24(31)27-13-16-28-14-3-1-2-4-15-28/h5-12,25H,1-4,13-18H2,(H,27,31)/t25-/m1/s1. The van der Waals surface area contributed by atoms with Gasteiger partial charge >= 0.3 is 0 Å². The van der Waals surface area contributed by atoms with E-state index in [1.54, 1.807) is 11.8 Å². The highest BCUT2D eigenvalue weighted by atomic mass is 35.5. The maximum absolute atomic E-state index is 12.6. The predicted octanol–water partition coefficient (Wildman–Crippen LogP) is 4.72. The van der Waals surface area contributed by atoms with Crippen molar-refractivity contribution in [1.29, 1.82) is 0 Å². The highest BCUT2D eigenvalue weighted by molar-refractivity contribution is 8.00. The first kappa shape index (κ1) is 23.1. The Hall–Kier alpha value is -2.02. The average Bonchev–Trinajstić information content (AvgIpc) is 2.99. The summed E-state index contributed by atoms with van der Waals surface area (Å²) in [7, 11) is 0. The second-order valence-corrected chi connectivity index (χ2v) is 9.95. The lowest BCUT2D eigenvalue weighted by atomic mass is 10.1. The summed E-state index contributed by atoms with van der Waals surface area (Å²) in [5.74, 6) is 0.557. The van der Waals surface area contributed by atoms with Crippen molar-refractivity contribution in [2.24, 2.45) is 0 Å². The Labute approximate surface area is 199 Å². The molecule has 0 aromatic heterocycles. The van der Waals surface area contributed by atoms with E-state index in [9.17, 15) is 9.59 Å². The third kappa shape index (κ3) is 6.06. The van der Waals surface area contributed by atoms with E-state index >= 15 is 0 Å². The van der Waals surface area contributed by atoms with Gasteiger partial charge in [-0.2, -0.15) is 0 Å². The summed E-state index contributed by atoms with van der Waals surface area (Å²) >= 11 is 7.60. The smallest absolute Gasteiger partial charge is 0.251 e. The molecule has 2 aromatic rings. The number of hydrogen-bond acceptors (Lipinski definition) is 4. The minimum Gasteiger partial charge on any atom is -0.351 e. The molecular formula is C25H30ClN3O2S. The van der Waals surface area contributed by atoms with Crippen molar-refractivity contribution in [2.45, 2.75) is 37.6 Å². The monoisotopic (exact) mass is 471 g/mol. The van der Waals surface area contributed by atoms with E-state index in [4.69, 9.17) is 11.6 Å². The first-order valence-electron chi connectivity index (χ1n) is 11.4. The molecule has 2 amide bonds. The molecule has 0 aliphatic carbocycles. The van der Waals surface area contributed by atoms with Crippen LogP contribution in [0.4, 0.5) is 0 Å². The van der Waals surface area contributed by atoms with Gasteiger partial charge in [-0.05, 0) is 61.3 Å². The fourth-order valence-electron chi connectivity index (χ4n) is 4.28. The van der Waals surface area contributed by atoms with Gasteiger partial charge in [-0.25, -0.2) is 0 Å². The zero-order valence-electron chi connectivity index (χ0n) is 18.3. The van der Waals surface area contributed by atoms with Crippen LogP contribution in [0.2, 0.25) is 5.02 Å². The van der Waals surface area contributed by atoms with E-state index in [2.05, 4.69) is 10.2 Å². The van der Waals surface area contributed by atoms with Crippen LogP contribution in [0.3, 0.4) is 0 Å². The number of thioether (sulfide) groups is 1. The normalized spacial score (nSPS) is 19.7. The predicted molar refractivity (Wildman–Crippen MR) is 131 cm³/mol. The number of halogens is 1. The summed E-state index contributed by atoms with van der Waals surface area (Å²) in [6.45, 7) is 4.39. The van der Waals surface area contributed by atoms with Gasteiger partial charge in [0.1, 0.15) is 5.37 Å². The van der Waals surface area contributed by atoms with Crippen LogP contribution in [-0.4, -0.2) is 53.5 Å². The van der Waals surface area contributed by atoms with Gasteiger partial charge in [0.2, 0.25) is 5.91 Å². The minimum atomic E-state index is -0.0432. The number of amides is 2. The lowest BCUT2D eigenvalue weighted by Crippen LogP contribution is -2.35. The van der Waals surface area contributed by atoms with Crippen molar-refractivity contribution in [3.8, 4) is 0 Å². The van der Waals surface area contributed by atoms with E-state index in [0.717, 1.165) is 30.8 Å². The number of carbonyl (C=O) groups is 2. The van der Waals surface area contributed by atoms with Crippen molar-refractivity contribution in [2.75, 3.05) is 31.9 Å². The highest BCUT2D eigenvalue weighted by Crippen LogP contribution is 2.39. The van der Waals surface area contributed by atoms with Crippen LogP contribution < -0.4 is 5.32 Å². The maximum Gasteiger partial charge on any atom is 0.251 e. The molecule has 0 radical (unpaired) electrons. The van der Waals surface area contributed by atoms with E-state index in [0.29, 0.717) is 29.4 Å². The first-order chi connectivity index (χ1) is 15.6. The summed E-state index contributed by atoms with van der Waals surface area (Å²) in [6.07, 6.45) is 5.15. The lowest BCUT2D eigenvalue weighted by molar-refractivity contribution is -0.128. The summed E-state index contributed by atoms with van der Waals surface area (Å²) in [4.78, 5) is 29.4. The number of hydrogen-bond donors (Lipinski definition) is 1. The zero-order valence-corrected chi connectivity index (χ0v) is 19.8. The average molecular weight is 472 g/mol. The lowest BCUT2D eigenvalue weighted by Gasteiger charge is -2.24. The molecule has 0 saturated carbocycles. The molecule has 1 atom stereocenters. The quantitative estimate of drug-likeness (QED) is 0.634. The van der Waals surface area contributed by atoms with Crippen LogP contribution in [0.5, 0.6) is 0 Å². The van der Waals surface area contributed by atoms with E-state index < -0.39 is 0 Å². The van der Waals surface area contributed by atoms with Crippen LogP contribution in [-0.2, 0) is 11.3 Å². The molecule has 0 unspecified atom stereocenters. The van der Waals surface area contributed by atoms with E-state index in [1.165, 1.54) is 25.7 Å². The summed E-state index contributed by atoms with van der Waals surface area (Å²) < 4.78 is 0. The molecule has 2 saturated heterocycles. The van der Waals surface area contributed by atoms with Crippen molar-refractivity contribution in [1.82, 2.24) is 15.1 Å². The third-order valence-corrected chi connectivity index (χ3v) is 7.61. The second kappa shape index (κ2) is 11.2. The van der Waals surface area contributed by atoms with Crippen molar-refractivity contribution in [3.05, 3.63) is 70.2 Å². The zero-order chi connectivity index (χ0) is 22.3. The molecule has 2 aliphatic rings. The molecule has 7 heteroatoms. The third-order valence-electron chi connectivity index (χ3n) is 6.10. The minimum absolute atomic E-state index is 0.0421. The Kier molecular flexibility index (Phi) is 8.11. The summed E-state index contributed by atoms with van der Waals surface area (Å²) in [5.41, 5.74) is 2.75. The first-order valence-corrected chi connectivity index (χ1v) is 12.8. The highest BCUT2D eigenvalue weighted by Gasteiger charge is 2.32. The second-order valence-electron chi connectivity index (χ2n) is 8.45. The fraction of sp³-hybridized carbons (Fsp3) is 0.440. The van der Waals surface area contributed by atoms with Gasteiger partial charge < -0.3 is 15.1 Å². The molecular weight excluding hydrogens is 442 g/mol. The number of rotatable bonds is 7. The Morgan fingerprint density at radius 2 is 1.69 bits per heavy atom. The van der Waals surface area contributed by atoms with Gasteiger partial charge in [-0.1, -0.05) is 48.7 Å². The molecule has 2 heterocycles. The number of likely N-dealkylation sites (tertiary alicyclic amines) is 1. The maximum atomic E-state index is 12.6. The molecule has 2 aromatic carbocycles. The van der Waals surface area contributed by atoms with Gasteiger partial charge in [0, 0.05) is 30.2 Å². The van der Waals surface area contributed by atoms with Gasteiger partial charge in [-0.3, -0.25) is 9.59 Å². The fourth-order valence-corrected chi connectivity index (χ4v) is 5.59. The van der Waals surface area contributed by atoms with Gasteiger partial charge in [0.15, 0.2) is 0 Å². The molecule has 5 nitrogen and oxygen atoms in total. The Morgan fingerprint density at radius 3 is 2.38 bits per heavy atom. The summed E-state index contributed by atoms with van der Waals surface area (Å²) in [6, 6.07) is 15.3. The molecule has 32 heavy (non-hydrogen) atoms. The topological polar surface area (TPSA) is 52.7 Å². The SMILES string of the molecule is O=C(NCCN1CCCCCC1)c1ccc([C@H]2SCC(=O)N2Cc2ccc(Cl)cc2)cc1.